The molecule has 0 spiro atoms. The summed E-state index contributed by atoms with van der Waals surface area (Å²) < 4.78 is 28.1. The number of rotatable bonds is 6. The minimum absolute atomic E-state index is 0.507. The maximum absolute atomic E-state index is 12.5. The van der Waals surface area contributed by atoms with Crippen molar-refractivity contribution in [3.05, 3.63) is 29.8 Å². The van der Waals surface area contributed by atoms with Gasteiger partial charge in [-0.15, -0.1) is 0 Å². The van der Waals surface area contributed by atoms with Crippen molar-refractivity contribution >= 4 is 0 Å². The lowest BCUT2D eigenvalue weighted by molar-refractivity contribution is -0.367. The number of hydrogen-bond donors (Lipinski definition) is 3. The Morgan fingerprint density at radius 3 is 2.39 bits per heavy atom. The lowest BCUT2D eigenvalue weighted by Gasteiger charge is -2.41. The van der Waals surface area contributed by atoms with E-state index in [1.54, 1.807) is 38.3 Å². The van der Waals surface area contributed by atoms with Crippen LogP contribution in [0.2, 0.25) is 0 Å². The monoisotopic (exact) mass is 332 g/mol. The van der Waals surface area contributed by atoms with Gasteiger partial charge in [0, 0.05) is 0 Å². The standard InChI is InChI=1S/C15H21FO7/c1-8(9-3-5-10(20-2)6-4-9)21-14-12(18)11(7-17)22-15(23-16)13(14)19/h3-6,8,11-15,17-19H,7H2,1-2H3/t8?,11-,12+,13-,14-,15+/m1/s1. The SMILES string of the molecule is COc1ccc(C(C)O[C@@H]2[C@@H](O)[C@@H](CO)O[C@@H](OF)[C@@H]2O)cc1. The molecule has 23 heavy (non-hydrogen) atoms. The molecule has 0 amide bonds. The predicted molar refractivity (Wildman–Crippen MR) is 76.2 cm³/mol. The van der Waals surface area contributed by atoms with Gasteiger partial charge in [-0.05, 0) is 29.1 Å². The molecule has 0 bridgehead atoms. The molecule has 6 atom stereocenters. The number of aliphatic hydroxyl groups excluding tert-OH is 3. The van der Waals surface area contributed by atoms with E-state index in [0.29, 0.717) is 5.75 Å². The molecule has 130 valence electrons. The Balaban J connectivity index is 2.10. The van der Waals surface area contributed by atoms with Crippen molar-refractivity contribution < 1.29 is 39.0 Å². The summed E-state index contributed by atoms with van der Waals surface area (Å²) in [6.07, 6.45) is -7.32. The molecule has 0 aromatic heterocycles. The van der Waals surface area contributed by atoms with Crippen molar-refractivity contribution in [2.75, 3.05) is 13.7 Å². The van der Waals surface area contributed by atoms with E-state index in [2.05, 4.69) is 4.94 Å². The summed E-state index contributed by atoms with van der Waals surface area (Å²) in [5, 5.41) is 29.3. The Morgan fingerprint density at radius 2 is 1.87 bits per heavy atom. The Hall–Kier alpha value is -1.29. The van der Waals surface area contributed by atoms with E-state index in [9.17, 15) is 19.8 Å². The lowest BCUT2D eigenvalue weighted by Crippen LogP contribution is -2.59. The van der Waals surface area contributed by atoms with Crippen LogP contribution in [0.4, 0.5) is 4.53 Å². The zero-order chi connectivity index (χ0) is 17.0. The minimum atomic E-state index is -1.64. The van der Waals surface area contributed by atoms with Gasteiger partial charge in [0.05, 0.1) is 19.8 Å². The highest BCUT2D eigenvalue weighted by Crippen LogP contribution is 2.29. The Bertz CT molecular complexity index is 467. The van der Waals surface area contributed by atoms with E-state index in [1.165, 1.54) is 0 Å². The highest BCUT2D eigenvalue weighted by molar-refractivity contribution is 5.28. The van der Waals surface area contributed by atoms with Crippen molar-refractivity contribution in [1.29, 1.82) is 0 Å². The van der Waals surface area contributed by atoms with Crippen molar-refractivity contribution in [3.63, 3.8) is 0 Å². The summed E-state index contributed by atoms with van der Waals surface area (Å²) in [6.45, 7) is 1.15. The third-order valence-electron chi connectivity index (χ3n) is 3.86. The third-order valence-corrected chi connectivity index (χ3v) is 3.86. The largest absolute Gasteiger partial charge is 0.497 e. The molecule has 1 saturated heterocycles. The highest BCUT2D eigenvalue weighted by atomic mass is 19.3. The summed E-state index contributed by atoms with van der Waals surface area (Å²) in [6, 6.07) is 7.04. The summed E-state index contributed by atoms with van der Waals surface area (Å²) in [7, 11) is 1.55. The van der Waals surface area contributed by atoms with Crippen LogP contribution in [0.3, 0.4) is 0 Å². The molecule has 3 N–H and O–H groups in total. The molecule has 0 aliphatic carbocycles. The average molecular weight is 332 g/mol. The van der Waals surface area contributed by atoms with Crippen LogP contribution in [-0.4, -0.2) is 59.7 Å². The minimum Gasteiger partial charge on any atom is -0.497 e. The van der Waals surface area contributed by atoms with Gasteiger partial charge in [-0.1, -0.05) is 12.1 Å². The second-order valence-corrected chi connectivity index (χ2v) is 5.31. The van der Waals surface area contributed by atoms with E-state index in [1.807, 2.05) is 0 Å². The van der Waals surface area contributed by atoms with Gasteiger partial charge in [-0.2, -0.15) is 4.94 Å². The first-order valence-corrected chi connectivity index (χ1v) is 7.21. The lowest BCUT2D eigenvalue weighted by atomic mass is 9.98. The van der Waals surface area contributed by atoms with Gasteiger partial charge >= 0.3 is 0 Å². The molecule has 7 nitrogen and oxygen atoms in total. The van der Waals surface area contributed by atoms with E-state index < -0.39 is 43.4 Å². The molecule has 1 fully saturated rings. The molecule has 1 aromatic rings. The molecule has 0 radical (unpaired) electrons. The fraction of sp³-hybridized carbons (Fsp3) is 0.600. The number of methoxy groups -OCH3 is 1. The first-order valence-electron chi connectivity index (χ1n) is 7.21. The van der Waals surface area contributed by atoms with Crippen LogP contribution < -0.4 is 4.74 Å². The number of benzene rings is 1. The van der Waals surface area contributed by atoms with Crippen molar-refractivity contribution in [3.8, 4) is 5.75 Å². The number of aliphatic hydroxyl groups is 3. The molecule has 0 saturated carbocycles. The van der Waals surface area contributed by atoms with Gasteiger partial charge in [0.15, 0.2) is 0 Å². The summed E-state index contributed by atoms with van der Waals surface area (Å²) >= 11 is 0. The molecule has 1 aromatic carbocycles. The highest BCUT2D eigenvalue weighted by Gasteiger charge is 2.47. The molecule has 2 rings (SSSR count). The fourth-order valence-electron chi connectivity index (χ4n) is 2.48. The van der Waals surface area contributed by atoms with Crippen molar-refractivity contribution in [2.45, 2.75) is 43.7 Å². The Morgan fingerprint density at radius 1 is 1.22 bits per heavy atom. The molecule has 1 aliphatic rings. The van der Waals surface area contributed by atoms with Gasteiger partial charge in [0.2, 0.25) is 6.29 Å². The second kappa shape index (κ2) is 8.00. The van der Waals surface area contributed by atoms with Gasteiger partial charge in [0.1, 0.15) is 30.2 Å². The normalized spacial score (nSPS) is 32.5. The molecule has 8 heteroatoms. The zero-order valence-electron chi connectivity index (χ0n) is 12.8. The number of halogens is 1. The average Bonchev–Trinajstić information content (AvgIpc) is 2.58. The maximum atomic E-state index is 12.5. The van der Waals surface area contributed by atoms with Crippen LogP contribution in [0.1, 0.15) is 18.6 Å². The molecule has 1 unspecified atom stereocenters. The third kappa shape index (κ3) is 3.97. The maximum Gasteiger partial charge on any atom is 0.225 e. The summed E-state index contributed by atoms with van der Waals surface area (Å²) in [5.74, 6) is 0.679. The summed E-state index contributed by atoms with van der Waals surface area (Å²) in [5.41, 5.74) is 0.773. The molecular weight excluding hydrogens is 311 g/mol. The van der Waals surface area contributed by atoms with Crippen molar-refractivity contribution in [1.82, 2.24) is 0 Å². The smallest absolute Gasteiger partial charge is 0.225 e. The van der Waals surface area contributed by atoms with Gasteiger partial charge in [-0.25, -0.2) is 0 Å². The van der Waals surface area contributed by atoms with E-state index >= 15 is 0 Å². The van der Waals surface area contributed by atoms with Gasteiger partial charge in [-0.3, -0.25) is 0 Å². The number of hydrogen-bond acceptors (Lipinski definition) is 7. The molecule has 1 aliphatic heterocycles. The van der Waals surface area contributed by atoms with Crippen LogP contribution in [0.5, 0.6) is 5.75 Å². The van der Waals surface area contributed by atoms with Crippen LogP contribution >= 0.6 is 0 Å². The Labute approximate surface area is 133 Å². The van der Waals surface area contributed by atoms with E-state index in [0.717, 1.165) is 5.56 Å². The first-order chi connectivity index (χ1) is 11.0. The number of ether oxygens (including phenoxy) is 3. The van der Waals surface area contributed by atoms with E-state index in [-0.39, 0.29) is 0 Å². The zero-order valence-corrected chi connectivity index (χ0v) is 12.8. The van der Waals surface area contributed by atoms with Gasteiger partial charge in [0.25, 0.3) is 0 Å². The Kier molecular flexibility index (Phi) is 6.28. The first kappa shape index (κ1) is 18.1. The topological polar surface area (TPSA) is 97.6 Å². The fourth-order valence-corrected chi connectivity index (χ4v) is 2.48. The predicted octanol–water partition coefficient (Wildman–Crippen LogP) is 0.481. The second-order valence-electron chi connectivity index (χ2n) is 5.31. The van der Waals surface area contributed by atoms with Crippen LogP contribution in [0, 0.1) is 0 Å². The van der Waals surface area contributed by atoms with Crippen molar-refractivity contribution in [2.24, 2.45) is 0 Å². The van der Waals surface area contributed by atoms with Gasteiger partial charge < -0.3 is 29.5 Å². The van der Waals surface area contributed by atoms with Crippen LogP contribution in [-0.2, 0) is 14.4 Å². The quantitative estimate of drug-likeness (QED) is 0.697. The molecule has 1 heterocycles. The van der Waals surface area contributed by atoms with E-state index in [4.69, 9.17) is 14.2 Å². The molecular formula is C15H21FO7. The van der Waals surface area contributed by atoms with Crippen LogP contribution in [0.15, 0.2) is 24.3 Å². The van der Waals surface area contributed by atoms with Crippen LogP contribution in [0.25, 0.3) is 0 Å². The summed E-state index contributed by atoms with van der Waals surface area (Å²) in [4.78, 5) is 3.54.